The van der Waals surface area contributed by atoms with Gasteiger partial charge in [0.1, 0.15) is 0 Å². The molecule has 1 unspecified atom stereocenters. The summed E-state index contributed by atoms with van der Waals surface area (Å²) in [6, 6.07) is 9.77. The fourth-order valence-corrected chi connectivity index (χ4v) is 3.24. The number of carbonyl (C=O) groups is 1. The first-order valence-corrected chi connectivity index (χ1v) is 8.48. The van der Waals surface area contributed by atoms with Crippen LogP contribution in [0.2, 0.25) is 0 Å². The van der Waals surface area contributed by atoms with Gasteiger partial charge in [-0.2, -0.15) is 0 Å². The van der Waals surface area contributed by atoms with E-state index in [4.69, 9.17) is 10.7 Å². The quantitative estimate of drug-likeness (QED) is 0.802. The molecule has 0 aliphatic carbocycles. The van der Waals surface area contributed by atoms with Gasteiger partial charge in [0, 0.05) is 23.4 Å². The number of hydrogen-bond acceptors (Lipinski definition) is 4. The second-order valence-corrected chi connectivity index (χ2v) is 6.60. The molecule has 1 aromatic heterocycles. The summed E-state index contributed by atoms with van der Waals surface area (Å²) in [7, 11) is 0. The van der Waals surface area contributed by atoms with Gasteiger partial charge in [-0.3, -0.25) is 4.79 Å². The first-order valence-electron chi connectivity index (χ1n) is 7.66. The van der Waals surface area contributed by atoms with Crippen LogP contribution in [0.1, 0.15) is 29.7 Å². The Morgan fingerprint density at radius 2 is 2.04 bits per heavy atom. The van der Waals surface area contributed by atoms with E-state index in [1.54, 1.807) is 11.3 Å². The summed E-state index contributed by atoms with van der Waals surface area (Å²) in [5, 5.41) is 3.93. The number of nitrogens with zero attached hydrogens (tertiary/aromatic N) is 1. The van der Waals surface area contributed by atoms with Crippen molar-refractivity contribution >= 4 is 29.7 Å². The molecule has 23 heavy (non-hydrogen) atoms. The monoisotopic (exact) mass is 353 g/mol. The molecule has 0 saturated heterocycles. The number of thiazole rings is 1. The smallest absolute Gasteiger partial charge is 0.236 e. The Bertz CT molecular complexity index is 616. The molecule has 6 heteroatoms. The van der Waals surface area contributed by atoms with Crippen LogP contribution in [0.25, 0.3) is 11.3 Å². The van der Waals surface area contributed by atoms with Gasteiger partial charge in [0.2, 0.25) is 5.91 Å². The summed E-state index contributed by atoms with van der Waals surface area (Å²) in [5.74, 6) is -0.0709. The molecule has 0 aliphatic rings. The summed E-state index contributed by atoms with van der Waals surface area (Å²) in [4.78, 5) is 17.7. The van der Waals surface area contributed by atoms with Crippen LogP contribution >= 0.6 is 23.7 Å². The Labute approximate surface area is 147 Å². The summed E-state index contributed by atoms with van der Waals surface area (Å²) in [5.41, 5.74) is 7.96. The minimum absolute atomic E-state index is 0. The third-order valence-corrected chi connectivity index (χ3v) is 4.49. The highest BCUT2D eigenvalue weighted by molar-refractivity contribution is 7.12. The molecule has 1 atom stereocenters. The third kappa shape index (κ3) is 5.61. The van der Waals surface area contributed by atoms with E-state index in [0.717, 1.165) is 35.5 Å². The highest BCUT2D eigenvalue weighted by atomic mass is 35.5. The van der Waals surface area contributed by atoms with Crippen LogP contribution in [0.4, 0.5) is 0 Å². The molecule has 1 amide bonds. The van der Waals surface area contributed by atoms with Crippen LogP contribution in [0.5, 0.6) is 0 Å². The van der Waals surface area contributed by atoms with Crippen LogP contribution in [-0.2, 0) is 11.2 Å². The van der Waals surface area contributed by atoms with Crippen molar-refractivity contribution in [1.82, 2.24) is 10.3 Å². The number of carbonyl (C=O) groups excluding carboxylic acids is 1. The van der Waals surface area contributed by atoms with Crippen molar-refractivity contribution in [2.45, 2.75) is 39.2 Å². The van der Waals surface area contributed by atoms with Gasteiger partial charge in [-0.05, 0) is 13.3 Å². The molecule has 2 rings (SSSR count). The summed E-state index contributed by atoms with van der Waals surface area (Å²) in [6.45, 7) is 4.69. The van der Waals surface area contributed by atoms with Crippen molar-refractivity contribution in [3.8, 4) is 11.3 Å². The van der Waals surface area contributed by atoms with Gasteiger partial charge in [-0.1, -0.05) is 43.7 Å². The largest absolute Gasteiger partial charge is 0.354 e. The number of nitrogens with one attached hydrogen (secondary N) is 1. The number of rotatable bonds is 7. The van der Waals surface area contributed by atoms with Crippen LogP contribution in [-0.4, -0.2) is 23.5 Å². The van der Waals surface area contributed by atoms with E-state index >= 15 is 0 Å². The molecule has 3 N–H and O–H groups in total. The molecule has 0 aliphatic heterocycles. The van der Waals surface area contributed by atoms with Crippen LogP contribution in [0.3, 0.4) is 0 Å². The van der Waals surface area contributed by atoms with E-state index in [1.165, 1.54) is 4.88 Å². The lowest BCUT2D eigenvalue weighted by molar-refractivity contribution is -0.122. The maximum atomic E-state index is 11.8. The zero-order chi connectivity index (χ0) is 15.9. The van der Waals surface area contributed by atoms with Crippen LogP contribution in [0.15, 0.2) is 30.3 Å². The van der Waals surface area contributed by atoms with Crippen molar-refractivity contribution in [2.24, 2.45) is 5.73 Å². The van der Waals surface area contributed by atoms with E-state index < -0.39 is 6.04 Å². The van der Waals surface area contributed by atoms with E-state index in [-0.39, 0.29) is 18.3 Å². The molecular weight excluding hydrogens is 330 g/mol. The molecule has 0 fully saturated rings. The zero-order valence-corrected chi connectivity index (χ0v) is 15.2. The second-order valence-electron chi connectivity index (χ2n) is 5.31. The van der Waals surface area contributed by atoms with Gasteiger partial charge in [-0.15, -0.1) is 23.7 Å². The van der Waals surface area contributed by atoms with E-state index in [9.17, 15) is 4.79 Å². The number of nitrogens with two attached hydrogens (primary N) is 1. The fraction of sp³-hybridized carbons (Fsp3) is 0.412. The summed E-state index contributed by atoms with van der Waals surface area (Å²) >= 11 is 1.69. The minimum atomic E-state index is -0.400. The van der Waals surface area contributed by atoms with E-state index in [2.05, 4.69) is 24.4 Å². The lowest BCUT2D eigenvalue weighted by Crippen LogP contribution is -2.41. The maximum absolute atomic E-state index is 11.8. The molecule has 2 aromatic rings. The third-order valence-electron chi connectivity index (χ3n) is 3.46. The lowest BCUT2D eigenvalue weighted by Gasteiger charge is -2.10. The van der Waals surface area contributed by atoms with E-state index in [0.29, 0.717) is 6.54 Å². The van der Waals surface area contributed by atoms with Crippen molar-refractivity contribution in [3.05, 3.63) is 40.2 Å². The average Bonchev–Trinajstić information content (AvgIpc) is 2.89. The zero-order valence-electron chi connectivity index (χ0n) is 13.5. The number of benzene rings is 1. The molecule has 1 aromatic carbocycles. The summed E-state index contributed by atoms with van der Waals surface area (Å²) in [6.07, 6.45) is 2.38. The number of halogens is 1. The molecule has 4 nitrogen and oxygen atoms in total. The number of amides is 1. The first kappa shape index (κ1) is 19.6. The number of aromatic nitrogens is 1. The standard InChI is InChI=1S/C17H23N3OS.ClH/c1-3-7-14(18)17(21)19-11-10-15-20-16(12(2)22-15)13-8-5-4-6-9-13;/h4-6,8-9,14H,3,7,10-11,18H2,1-2H3,(H,19,21);1H. The Morgan fingerprint density at radius 3 is 2.70 bits per heavy atom. The molecule has 0 saturated carbocycles. The number of hydrogen-bond donors (Lipinski definition) is 2. The molecule has 0 spiro atoms. The molecule has 0 bridgehead atoms. The SMILES string of the molecule is CCCC(N)C(=O)NCCc1nc(-c2ccccc2)c(C)s1.Cl. The number of aryl methyl sites for hydroxylation is 1. The van der Waals surface area contributed by atoms with Gasteiger partial charge >= 0.3 is 0 Å². The lowest BCUT2D eigenvalue weighted by atomic mass is 10.1. The van der Waals surface area contributed by atoms with Crippen molar-refractivity contribution < 1.29 is 4.79 Å². The van der Waals surface area contributed by atoms with Gasteiger partial charge in [-0.25, -0.2) is 4.98 Å². The highest BCUT2D eigenvalue weighted by Crippen LogP contribution is 2.27. The van der Waals surface area contributed by atoms with Gasteiger partial charge in [0.25, 0.3) is 0 Å². The Kier molecular flexibility index (Phi) is 8.23. The predicted octanol–water partition coefficient (Wildman–Crippen LogP) is 3.33. The van der Waals surface area contributed by atoms with Crippen molar-refractivity contribution in [2.75, 3.05) is 6.54 Å². The fourth-order valence-electron chi connectivity index (χ4n) is 2.29. The molecule has 0 radical (unpaired) electrons. The minimum Gasteiger partial charge on any atom is -0.354 e. The van der Waals surface area contributed by atoms with Crippen molar-refractivity contribution in [3.63, 3.8) is 0 Å². The first-order chi connectivity index (χ1) is 10.6. The molecular formula is C17H24ClN3OS. The summed E-state index contributed by atoms with van der Waals surface area (Å²) < 4.78 is 0. The van der Waals surface area contributed by atoms with Gasteiger partial charge < -0.3 is 11.1 Å². The van der Waals surface area contributed by atoms with Crippen LogP contribution in [0, 0.1) is 6.92 Å². The molecule has 126 valence electrons. The van der Waals surface area contributed by atoms with E-state index in [1.807, 2.05) is 25.1 Å². The Balaban J connectivity index is 0.00000264. The predicted molar refractivity (Wildman–Crippen MR) is 99.1 cm³/mol. The second kappa shape index (κ2) is 9.65. The maximum Gasteiger partial charge on any atom is 0.236 e. The van der Waals surface area contributed by atoms with Gasteiger partial charge in [0.05, 0.1) is 16.7 Å². The Morgan fingerprint density at radius 1 is 1.35 bits per heavy atom. The Hall–Kier alpha value is -1.43. The topological polar surface area (TPSA) is 68.0 Å². The normalized spacial score (nSPS) is 11.6. The highest BCUT2D eigenvalue weighted by Gasteiger charge is 2.13. The van der Waals surface area contributed by atoms with Crippen LogP contribution < -0.4 is 11.1 Å². The van der Waals surface area contributed by atoms with Crippen molar-refractivity contribution in [1.29, 1.82) is 0 Å². The van der Waals surface area contributed by atoms with Gasteiger partial charge in [0.15, 0.2) is 0 Å². The average molecular weight is 354 g/mol. The molecule has 1 heterocycles.